The summed E-state index contributed by atoms with van der Waals surface area (Å²) < 4.78 is 6.29. The standard InChI is InChI=1S/C32H38N8O2/c1-3-29(41)39-17-16-38(20-25(39)11-13-33)31-27-10-9-24(40-15-12-22-6-4-7-23(19-34)30(22)40)18-28(27)35-32(36-31)42-21-26-8-5-14-37(26)2/h3-4,6-7,24-26H,1,5,8-12,14-18,20-21H2,2H3/t24-,25+,26+/m1/s1. The molecule has 1 aromatic heterocycles. The summed E-state index contributed by atoms with van der Waals surface area (Å²) >= 11 is 0. The number of amides is 1. The van der Waals surface area contributed by atoms with E-state index in [4.69, 9.17) is 14.7 Å². The van der Waals surface area contributed by atoms with Gasteiger partial charge in [0.25, 0.3) is 0 Å². The van der Waals surface area contributed by atoms with E-state index in [0.717, 1.165) is 73.5 Å². The number of aromatic nitrogens is 2. The topological polar surface area (TPSA) is 113 Å². The number of nitrogens with zero attached hydrogens (tertiary/aromatic N) is 8. The Morgan fingerprint density at radius 3 is 2.79 bits per heavy atom. The summed E-state index contributed by atoms with van der Waals surface area (Å²) in [7, 11) is 2.13. The van der Waals surface area contributed by atoms with E-state index in [2.05, 4.69) is 46.5 Å². The second kappa shape index (κ2) is 12.0. The van der Waals surface area contributed by atoms with Crippen molar-refractivity contribution < 1.29 is 9.53 Å². The van der Waals surface area contributed by atoms with E-state index >= 15 is 0 Å². The zero-order valence-electron chi connectivity index (χ0n) is 24.3. The van der Waals surface area contributed by atoms with Crippen LogP contribution in [0.15, 0.2) is 30.9 Å². The van der Waals surface area contributed by atoms with Crippen LogP contribution in [-0.2, 0) is 24.1 Å². The predicted molar refractivity (Wildman–Crippen MR) is 159 cm³/mol. The molecule has 4 aliphatic rings. The maximum Gasteiger partial charge on any atom is 0.318 e. The largest absolute Gasteiger partial charge is 0.462 e. The van der Waals surface area contributed by atoms with Gasteiger partial charge in [0.2, 0.25) is 5.91 Å². The fraction of sp³-hybridized carbons (Fsp3) is 0.531. The smallest absolute Gasteiger partial charge is 0.318 e. The summed E-state index contributed by atoms with van der Waals surface area (Å²) in [5.74, 6) is 0.719. The van der Waals surface area contributed by atoms with Gasteiger partial charge >= 0.3 is 6.01 Å². The molecule has 2 fully saturated rings. The molecule has 2 saturated heterocycles. The Balaban J connectivity index is 1.30. The Bertz CT molecular complexity index is 1450. The van der Waals surface area contributed by atoms with Crippen LogP contribution in [0.5, 0.6) is 6.01 Å². The SMILES string of the molecule is C=CC(=O)N1CCN(c2nc(OC[C@@H]3CCCN3C)nc3c2CC[C@@H](N2CCc4cccc(C#N)c42)C3)C[C@@H]1CC#N. The van der Waals surface area contributed by atoms with Crippen molar-refractivity contribution in [3.05, 3.63) is 53.2 Å². The summed E-state index contributed by atoms with van der Waals surface area (Å²) in [5.41, 5.74) is 5.17. The molecular weight excluding hydrogens is 528 g/mol. The first-order valence-electron chi connectivity index (χ1n) is 15.1. The number of nitriles is 2. The highest BCUT2D eigenvalue weighted by Crippen LogP contribution is 2.38. The van der Waals surface area contributed by atoms with Crippen LogP contribution in [0.1, 0.15) is 48.1 Å². The maximum atomic E-state index is 12.5. The number of likely N-dealkylation sites (tertiary alicyclic amines) is 1. The van der Waals surface area contributed by atoms with Crippen molar-refractivity contribution in [1.82, 2.24) is 19.8 Å². The molecule has 0 spiro atoms. The molecule has 0 saturated carbocycles. The molecule has 0 N–H and O–H groups in total. The number of piperazine rings is 1. The molecule has 10 nitrogen and oxygen atoms in total. The van der Waals surface area contributed by atoms with Crippen molar-refractivity contribution >= 4 is 17.4 Å². The molecule has 0 unspecified atom stereocenters. The lowest BCUT2D eigenvalue weighted by Gasteiger charge is -2.42. The lowest BCUT2D eigenvalue weighted by atomic mass is 9.90. The molecule has 3 atom stereocenters. The zero-order valence-corrected chi connectivity index (χ0v) is 24.3. The van der Waals surface area contributed by atoms with Crippen LogP contribution in [0.25, 0.3) is 0 Å². The first-order chi connectivity index (χ1) is 20.5. The molecule has 42 heavy (non-hydrogen) atoms. The minimum atomic E-state index is -0.238. The molecule has 3 aliphatic heterocycles. The van der Waals surface area contributed by atoms with Gasteiger partial charge in [-0.05, 0) is 63.4 Å². The van der Waals surface area contributed by atoms with Gasteiger partial charge in [-0.2, -0.15) is 20.5 Å². The van der Waals surface area contributed by atoms with Gasteiger partial charge in [-0.3, -0.25) is 4.79 Å². The molecule has 2 aromatic rings. The second-order valence-corrected chi connectivity index (χ2v) is 11.8. The molecule has 6 rings (SSSR count). The number of hydrogen-bond donors (Lipinski definition) is 0. The van der Waals surface area contributed by atoms with Crippen LogP contribution in [-0.4, -0.2) is 90.2 Å². The van der Waals surface area contributed by atoms with E-state index in [0.29, 0.717) is 38.3 Å². The van der Waals surface area contributed by atoms with Crippen molar-refractivity contribution in [2.75, 3.05) is 56.2 Å². The van der Waals surface area contributed by atoms with Crippen LogP contribution >= 0.6 is 0 Å². The Morgan fingerprint density at radius 2 is 2.02 bits per heavy atom. The molecule has 218 valence electrons. The third-order valence-corrected chi connectivity index (χ3v) is 9.44. The molecule has 0 radical (unpaired) electrons. The summed E-state index contributed by atoms with van der Waals surface area (Å²) in [4.78, 5) is 31.2. The van der Waals surface area contributed by atoms with E-state index in [1.165, 1.54) is 18.1 Å². The van der Waals surface area contributed by atoms with Gasteiger partial charge in [0.1, 0.15) is 18.5 Å². The van der Waals surface area contributed by atoms with Crippen molar-refractivity contribution in [3.63, 3.8) is 0 Å². The summed E-state index contributed by atoms with van der Waals surface area (Å²) in [6, 6.07) is 11.4. The van der Waals surface area contributed by atoms with E-state index in [1.54, 1.807) is 4.90 Å². The van der Waals surface area contributed by atoms with Crippen LogP contribution in [0, 0.1) is 22.7 Å². The van der Waals surface area contributed by atoms with Crippen molar-refractivity contribution in [2.24, 2.45) is 0 Å². The fourth-order valence-corrected chi connectivity index (χ4v) is 7.18. The number of rotatable bonds is 7. The first kappa shape index (κ1) is 28.0. The zero-order chi connectivity index (χ0) is 29.2. The van der Waals surface area contributed by atoms with E-state index in [1.807, 2.05) is 12.1 Å². The third kappa shape index (κ3) is 5.28. The molecule has 4 heterocycles. The summed E-state index contributed by atoms with van der Waals surface area (Å²) in [5, 5.41) is 19.3. The number of para-hydroxylation sites is 1. The van der Waals surface area contributed by atoms with Gasteiger partial charge in [-0.15, -0.1) is 0 Å². The van der Waals surface area contributed by atoms with Crippen molar-refractivity contribution in [1.29, 1.82) is 10.5 Å². The number of carbonyl (C=O) groups excluding carboxylic acids is 1. The van der Waals surface area contributed by atoms with Gasteiger partial charge in [0.05, 0.1) is 35.5 Å². The highest BCUT2D eigenvalue weighted by molar-refractivity contribution is 5.87. The molecule has 1 aromatic carbocycles. The average Bonchev–Trinajstić information content (AvgIpc) is 3.65. The van der Waals surface area contributed by atoms with Crippen LogP contribution in [0.3, 0.4) is 0 Å². The molecule has 1 aliphatic carbocycles. The Kier molecular flexibility index (Phi) is 7.99. The highest BCUT2D eigenvalue weighted by atomic mass is 16.5. The van der Waals surface area contributed by atoms with Crippen molar-refractivity contribution in [2.45, 2.75) is 63.1 Å². The number of anilines is 2. The van der Waals surface area contributed by atoms with E-state index in [9.17, 15) is 15.3 Å². The fourth-order valence-electron chi connectivity index (χ4n) is 7.18. The Labute approximate surface area is 247 Å². The lowest BCUT2D eigenvalue weighted by Crippen LogP contribution is -2.55. The van der Waals surface area contributed by atoms with Gasteiger partial charge in [-0.1, -0.05) is 18.7 Å². The quantitative estimate of drug-likeness (QED) is 0.467. The average molecular weight is 567 g/mol. The number of carbonyl (C=O) groups is 1. The molecule has 10 heteroatoms. The number of hydrogen-bond acceptors (Lipinski definition) is 9. The van der Waals surface area contributed by atoms with Gasteiger partial charge in [0.15, 0.2) is 0 Å². The number of benzene rings is 1. The highest BCUT2D eigenvalue weighted by Gasteiger charge is 2.36. The molecular formula is C32H38N8O2. The molecule has 1 amide bonds. The van der Waals surface area contributed by atoms with E-state index in [-0.39, 0.29) is 24.4 Å². The van der Waals surface area contributed by atoms with Crippen LogP contribution < -0.4 is 14.5 Å². The predicted octanol–water partition coefficient (Wildman–Crippen LogP) is 2.86. The van der Waals surface area contributed by atoms with Gasteiger partial charge in [0, 0.05) is 50.2 Å². The minimum absolute atomic E-state index is 0.144. The number of ether oxygens (including phenoxy) is 1. The van der Waals surface area contributed by atoms with Crippen LogP contribution in [0.2, 0.25) is 0 Å². The summed E-state index contributed by atoms with van der Waals surface area (Å²) in [6.45, 7) is 7.81. The second-order valence-electron chi connectivity index (χ2n) is 11.8. The number of fused-ring (bicyclic) bond motifs is 2. The first-order valence-corrected chi connectivity index (χ1v) is 15.1. The van der Waals surface area contributed by atoms with Gasteiger partial charge < -0.3 is 24.3 Å². The Hall–Kier alpha value is -4.15. The maximum absolute atomic E-state index is 12.5. The Morgan fingerprint density at radius 1 is 1.14 bits per heavy atom. The summed E-state index contributed by atoms with van der Waals surface area (Å²) in [6.07, 6.45) is 7.29. The van der Waals surface area contributed by atoms with Crippen LogP contribution in [0.4, 0.5) is 11.5 Å². The number of likely N-dealkylation sites (N-methyl/N-ethyl adjacent to an activating group) is 1. The van der Waals surface area contributed by atoms with Gasteiger partial charge in [-0.25, -0.2) is 0 Å². The van der Waals surface area contributed by atoms with Crippen molar-refractivity contribution in [3.8, 4) is 18.1 Å². The molecule has 0 bridgehead atoms. The monoisotopic (exact) mass is 566 g/mol. The normalized spacial score (nSPS) is 23.6. The van der Waals surface area contributed by atoms with E-state index < -0.39 is 0 Å². The minimum Gasteiger partial charge on any atom is -0.462 e. The third-order valence-electron chi connectivity index (χ3n) is 9.44. The lowest BCUT2D eigenvalue weighted by molar-refractivity contribution is -0.128.